The molecule has 0 fully saturated rings. The van der Waals surface area contributed by atoms with Crippen molar-refractivity contribution in [2.24, 2.45) is 0 Å². The molecule has 0 saturated heterocycles. The molecule has 1 aliphatic rings. The molecule has 2 aromatic rings. The molecule has 1 N–H and O–H groups in total. The summed E-state index contributed by atoms with van der Waals surface area (Å²) in [5.74, 6) is 0.878. The van der Waals surface area contributed by atoms with Gasteiger partial charge in [-0.2, -0.15) is 0 Å². The molecule has 92 valence electrons. The van der Waals surface area contributed by atoms with Crippen molar-refractivity contribution in [1.29, 1.82) is 0 Å². The van der Waals surface area contributed by atoms with Gasteiger partial charge >= 0.3 is 0 Å². The second-order valence-corrected chi connectivity index (χ2v) is 5.12. The summed E-state index contributed by atoms with van der Waals surface area (Å²) in [7, 11) is 0. The van der Waals surface area contributed by atoms with Crippen molar-refractivity contribution in [3.63, 3.8) is 0 Å². The molecule has 2 heterocycles. The van der Waals surface area contributed by atoms with Gasteiger partial charge in [0, 0.05) is 12.1 Å². The molecule has 3 nitrogen and oxygen atoms in total. The first-order valence-electron chi connectivity index (χ1n) is 6.05. The highest BCUT2D eigenvalue weighted by Gasteiger charge is 2.37. The van der Waals surface area contributed by atoms with Crippen molar-refractivity contribution >= 4 is 5.91 Å². The highest BCUT2D eigenvalue weighted by molar-refractivity contribution is 5.92. The van der Waals surface area contributed by atoms with Crippen LogP contribution in [0.2, 0.25) is 0 Å². The number of hydrogen-bond acceptors (Lipinski definition) is 2. The fourth-order valence-corrected chi connectivity index (χ4v) is 2.63. The highest BCUT2D eigenvalue weighted by Crippen LogP contribution is 2.38. The van der Waals surface area contributed by atoms with E-state index in [0.29, 0.717) is 6.54 Å². The highest BCUT2D eigenvalue weighted by atomic mass is 16.3. The van der Waals surface area contributed by atoms with Crippen molar-refractivity contribution in [2.45, 2.75) is 25.8 Å². The Morgan fingerprint density at radius 2 is 2.06 bits per heavy atom. The first kappa shape index (κ1) is 11.1. The van der Waals surface area contributed by atoms with E-state index in [-0.39, 0.29) is 5.91 Å². The predicted octanol–water partition coefficient (Wildman–Crippen LogP) is 2.85. The largest absolute Gasteiger partial charge is 0.464 e. The van der Waals surface area contributed by atoms with Crippen LogP contribution < -0.4 is 5.32 Å². The van der Waals surface area contributed by atoms with Gasteiger partial charge in [-0.05, 0) is 37.1 Å². The van der Waals surface area contributed by atoms with Crippen LogP contribution in [0.5, 0.6) is 0 Å². The number of rotatable bonds is 1. The Morgan fingerprint density at radius 3 is 2.78 bits per heavy atom. The molecule has 0 saturated carbocycles. The number of furan rings is 1. The van der Waals surface area contributed by atoms with Crippen LogP contribution in [-0.2, 0) is 16.8 Å². The van der Waals surface area contributed by atoms with Gasteiger partial charge < -0.3 is 9.73 Å². The Balaban J connectivity index is 2.28. The molecule has 1 amide bonds. The van der Waals surface area contributed by atoms with E-state index in [2.05, 4.69) is 11.4 Å². The molecule has 0 atom stereocenters. The molecule has 0 unspecified atom stereocenters. The first-order chi connectivity index (χ1) is 8.60. The van der Waals surface area contributed by atoms with Gasteiger partial charge in [-0.1, -0.05) is 18.2 Å². The summed E-state index contributed by atoms with van der Waals surface area (Å²) in [6, 6.07) is 9.87. The van der Waals surface area contributed by atoms with Gasteiger partial charge in [0.15, 0.2) is 0 Å². The molecule has 1 aromatic heterocycles. The SMILES string of the molecule is CC1(C)C(=O)NCc2cccc(-c3ccco3)c21. The fraction of sp³-hybridized carbons (Fsp3) is 0.267. The molecule has 0 bridgehead atoms. The van der Waals surface area contributed by atoms with Crippen LogP contribution in [-0.4, -0.2) is 5.91 Å². The summed E-state index contributed by atoms with van der Waals surface area (Å²) >= 11 is 0. The maximum Gasteiger partial charge on any atom is 0.230 e. The summed E-state index contributed by atoms with van der Waals surface area (Å²) in [6.45, 7) is 4.49. The lowest BCUT2D eigenvalue weighted by atomic mass is 9.75. The van der Waals surface area contributed by atoms with Gasteiger partial charge in [0.1, 0.15) is 5.76 Å². The average molecular weight is 241 g/mol. The Hall–Kier alpha value is -2.03. The summed E-state index contributed by atoms with van der Waals surface area (Å²) in [6.07, 6.45) is 1.66. The van der Waals surface area contributed by atoms with Gasteiger partial charge in [-0.15, -0.1) is 0 Å². The minimum Gasteiger partial charge on any atom is -0.464 e. The zero-order valence-electron chi connectivity index (χ0n) is 10.5. The molecule has 1 aliphatic heterocycles. The number of amides is 1. The van der Waals surface area contributed by atoms with Crippen molar-refractivity contribution in [3.8, 4) is 11.3 Å². The van der Waals surface area contributed by atoms with Gasteiger partial charge in [0.25, 0.3) is 0 Å². The molecule has 3 rings (SSSR count). The lowest BCUT2D eigenvalue weighted by Crippen LogP contribution is -2.45. The molecule has 1 aromatic carbocycles. The number of benzene rings is 1. The normalized spacial score (nSPS) is 17.1. The Bertz CT molecular complexity index is 597. The Labute approximate surface area is 106 Å². The standard InChI is InChI=1S/C15H15NO2/c1-15(2)13-10(9-16-14(15)17)5-3-6-11(13)12-7-4-8-18-12/h3-8H,9H2,1-2H3,(H,16,17). The van der Waals surface area contributed by atoms with E-state index in [0.717, 1.165) is 22.5 Å². The third-order valence-electron chi connectivity index (χ3n) is 3.57. The van der Waals surface area contributed by atoms with Crippen LogP contribution >= 0.6 is 0 Å². The third kappa shape index (κ3) is 1.47. The van der Waals surface area contributed by atoms with Gasteiger partial charge in [-0.3, -0.25) is 4.79 Å². The first-order valence-corrected chi connectivity index (χ1v) is 6.05. The van der Waals surface area contributed by atoms with Crippen molar-refractivity contribution < 1.29 is 9.21 Å². The number of hydrogen-bond donors (Lipinski definition) is 1. The van der Waals surface area contributed by atoms with E-state index in [1.165, 1.54) is 0 Å². The Kier molecular flexibility index (Phi) is 2.30. The average Bonchev–Trinajstić information content (AvgIpc) is 2.87. The summed E-state index contributed by atoms with van der Waals surface area (Å²) < 4.78 is 5.48. The maximum absolute atomic E-state index is 12.1. The maximum atomic E-state index is 12.1. The smallest absolute Gasteiger partial charge is 0.230 e. The lowest BCUT2D eigenvalue weighted by Gasteiger charge is -2.33. The van der Waals surface area contributed by atoms with Gasteiger partial charge in [-0.25, -0.2) is 0 Å². The van der Waals surface area contributed by atoms with E-state index >= 15 is 0 Å². The number of nitrogens with one attached hydrogen (secondary N) is 1. The topological polar surface area (TPSA) is 42.2 Å². The zero-order valence-corrected chi connectivity index (χ0v) is 10.5. The van der Waals surface area contributed by atoms with E-state index in [9.17, 15) is 4.79 Å². The van der Waals surface area contributed by atoms with Crippen molar-refractivity contribution in [1.82, 2.24) is 5.32 Å². The van der Waals surface area contributed by atoms with E-state index in [1.807, 2.05) is 38.1 Å². The molecule has 0 aliphatic carbocycles. The van der Waals surface area contributed by atoms with Crippen LogP contribution in [0.25, 0.3) is 11.3 Å². The zero-order chi connectivity index (χ0) is 12.8. The third-order valence-corrected chi connectivity index (χ3v) is 3.57. The molecule has 0 radical (unpaired) electrons. The minimum absolute atomic E-state index is 0.0639. The molecule has 3 heteroatoms. The van der Waals surface area contributed by atoms with Crippen LogP contribution in [0, 0.1) is 0 Å². The molecular weight excluding hydrogens is 226 g/mol. The second-order valence-electron chi connectivity index (χ2n) is 5.12. The van der Waals surface area contributed by atoms with Crippen LogP contribution in [0.15, 0.2) is 41.0 Å². The van der Waals surface area contributed by atoms with E-state index in [4.69, 9.17) is 4.42 Å². The molecule has 0 spiro atoms. The summed E-state index contributed by atoms with van der Waals surface area (Å²) in [4.78, 5) is 12.1. The van der Waals surface area contributed by atoms with Crippen LogP contribution in [0.1, 0.15) is 25.0 Å². The Morgan fingerprint density at radius 1 is 1.22 bits per heavy atom. The molecular formula is C15H15NO2. The van der Waals surface area contributed by atoms with Crippen LogP contribution in [0.4, 0.5) is 0 Å². The number of fused-ring (bicyclic) bond motifs is 1. The fourth-order valence-electron chi connectivity index (χ4n) is 2.63. The van der Waals surface area contributed by atoms with E-state index < -0.39 is 5.41 Å². The molecule has 18 heavy (non-hydrogen) atoms. The summed E-state index contributed by atoms with van der Waals surface area (Å²) in [5, 5.41) is 2.93. The number of carbonyl (C=O) groups is 1. The minimum atomic E-state index is -0.531. The van der Waals surface area contributed by atoms with E-state index in [1.54, 1.807) is 6.26 Å². The van der Waals surface area contributed by atoms with Gasteiger partial charge in [0.2, 0.25) is 5.91 Å². The predicted molar refractivity (Wildman–Crippen MR) is 69.0 cm³/mol. The van der Waals surface area contributed by atoms with Crippen molar-refractivity contribution in [2.75, 3.05) is 0 Å². The van der Waals surface area contributed by atoms with Crippen molar-refractivity contribution in [3.05, 3.63) is 47.7 Å². The van der Waals surface area contributed by atoms with Gasteiger partial charge in [0.05, 0.1) is 11.7 Å². The quantitative estimate of drug-likeness (QED) is 0.834. The van der Waals surface area contributed by atoms with Crippen LogP contribution in [0.3, 0.4) is 0 Å². The lowest BCUT2D eigenvalue weighted by molar-refractivity contribution is -0.126. The monoisotopic (exact) mass is 241 g/mol. The number of carbonyl (C=O) groups excluding carboxylic acids is 1. The summed E-state index contributed by atoms with van der Waals surface area (Å²) in [5.41, 5.74) is 2.71. The second kappa shape index (κ2) is 3.73.